The van der Waals surface area contributed by atoms with Crippen LogP contribution in [0.5, 0.6) is 0 Å². The van der Waals surface area contributed by atoms with Crippen molar-refractivity contribution in [1.82, 2.24) is 15.1 Å². The van der Waals surface area contributed by atoms with E-state index >= 15 is 0 Å². The van der Waals surface area contributed by atoms with E-state index in [1.165, 1.54) is 0 Å². The number of carbonyl (C=O) groups excluding carboxylic acids is 3. The number of piperazine rings is 2. The molecule has 2 aromatic rings. The van der Waals surface area contributed by atoms with Gasteiger partial charge in [-0.3, -0.25) is 14.4 Å². The monoisotopic (exact) mass is 337 g/mol. The molecule has 2 fully saturated rings. The second kappa shape index (κ2) is 5.88. The second-order valence-electron chi connectivity index (χ2n) is 6.59. The van der Waals surface area contributed by atoms with Gasteiger partial charge in [0.15, 0.2) is 0 Å². The number of rotatable bonds is 1. The zero-order valence-electron chi connectivity index (χ0n) is 13.9. The van der Waals surface area contributed by atoms with Crippen molar-refractivity contribution in [2.75, 3.05) is 19.6 Å². The van der Waals surface area contributed by atoms with E-state index in [4.69, 9.17) is 0 Å². The number of hydrogen-bond acceptors (Lipinski definition) is 3. The van der Waals surface area contributed by atoms with Crippen molar-refractivity contribution in [3.63, 3.8) is 0 Å². The van der Waals surface area contributed by atoms with Gasteiger partial charge in [0.05, 0.1) is 6.54 Å². The zero-order valence-corrected chi connectivity index (χ0v) is 13.9. The highest BCUT2D eigenvalue weighted by atomic mass is 16.2. The summed E-state index contributed by atoms with van der Waals surface area (Å²) in [6.07, 6.45) is 0. The number of carbonyl (C=O) groups is 3. The lowest BCUT2D eigenvalue weighted by Gasteiger charge is -2.44. The SMILES string of the molecule is C[C@H]1NC(=O)[C@H]2CN(C(=O)c3ccc4ccccc4c3)CCN2C1=O. The highest BCUT2D eigenvalue weighted by molar-refractivity contribution is 6.00. The Labute approximate surface area is 145 Å². The van der Waals surface area contributed by atoms with Gasteiger partial charge in [0.25, 0.3) is 5.91 Å². The molecule has 1 N–H and O–H groups in total. The van der Waals surface area contributed by atoms with Crippen LogP contribution < -0.4 is 5.32 Å². The first-order valence-electron chi connectivity index (χ1n) is 8.43. The summed E-state index contributed by atoms with van der Waals surface area (Å²) in [5.41, 5.74) is 0.600. The van der Waals surface area contributed by atoms with Gasteiger partial charge in [-0.05, 0) is 29.8 Å². The summed E-state index contributed by atoms with van der Waals surface area (Å²) >= 11 is 0. The Kier molecular flexibility index (Phi) is 3.67. The van der Waals surface area contributed by atoms with E-state index in [1.54, 1.807) is 16.7 Å². The summed E-state index contributed by atoms with van der Waals surface area (Å²) in [4.78, 5) is 40.5. The van der Waals surface area contributed by atoms with Gasteiger partial charge in [0.2, 0.25) is 11.8 Å². The van der Waals surface area contributed by atoms with Crippen molar-refractivity contribution in [3.05, 3.63) is 48.0 Å². The molecule has 0 saturated carbocycles. The molecule has 2 aliphatic rings. The van der Waals surface area contributed by atoms with Gasteiger partial charge < -0.3 is 15.1 Å². The van der Waals surface area contributed by atoms with Gasteiger partial charge in [0, 0.05) is 18.7 Å². The molecule has 0 aliphatic carbocycles. The molecule has 0 aromatic heterocycles. The molecular formula is C19H19N3O3. The zero-order chi connectivity index (χ0) is 17.6. The Morgan fingerprint density at radius 2 is 1.84 bits per heavy atom. The van der Waals surface area contributed by atoms with Crippen molar-refractivity contribution >= 4 is 28.5 Å². The van der Waals surface area contributed by atoms with E-state index in [0.29, 0.717) is 18.7 Å². The van der Waals surface area contributed by atoms with Gasteiger partial charge in [-0.1, -0.05) is 30.3 Å². The fraction of sp³-hybridized carbons (Fsp3) is 0.316. The van der Waals surface area contributed by atoms with Crippen LogP contribution in [0.2, 0.25) is 0 Å². The number of nitrogens with one attached hydrogen (secondary N) is 1. The highest BCUT2D eigenvalue weighted by Crippen LogP contribution is 2.20. The predicted molar refractivity (Wildman–Crippen MR) is 93.0 cm³/mol. The number of hydrogen-bond donors (Lipinski definition) is 1. The molecular weight excluding hydrogens is 318 g/mol. The molecule has 2 heterocycles. The van der Waals surface area contributed by atoms with Crippen molar-refractivity contribution in [1.29, 1.82) is 0 Å². The molecule has 2 atom stereocenters. The average molecular weight is 337 g/mol. The number of nitrogens with zero attached hydrogens (tertiary/aromatic N) is 2. The van der Waals surface area contributed by atoms with E-state index in [2.05, 4.69) is 5.32 Å². The predicted octanol–water partition coefficient (Wildman–Crippen LogP) is 1.01. The molecule has 2 saturated heterocycles. The second-order valence-corrected chi connectivity index (χ2v) is 6.59. The molecule has 25 heavy (non-hydrogen) atoms. The van der Waals surface area contributed by atoms with Gasteiger partial charge in [0.1, 0.15) is 12.1 Å². The third-order valence-corrected chi connectivity index (χ3v) is 4.98. The minimum Gasteiger partial charge on any atom is -0.343 e. The maximum absolute atomic E-state index is 12.9. The molecule has 6 heteroatoms. The Morgan fingerprint density at radius 3 is 2.64 bits per heavy atom. The number of benzene rings is 2. The van der Waals surface area contributed by atoms with Crippen molar-refractivity contribution < 1.29 is 14.4 Å². The lowest BCUT2D eigenvalue weighted by molar-refractivity contribution is -0.151. The normalized spacial score (nSPS) is 23.4. The first kappa shape index (κ1) is 15.6. The minimum atomic E-state index is -0.596. The first-order valence-corrected chi connectivity index (χ1v) is 8.43. The molecule has 2 aliphatic heterocycles. The maximum atomic E-state index is 12.9. The smallest absolute Gasteiger partial charge is 0.254 e. The third kappa shape index (κ3) is 2.63. The van der Waals surface area contributed by atoms with Gasteiger partial charge >= 0.3 is 0 Å². The molecule has 0 bridgehead atoms. The summed E-state index contributed by atoms with van der Waals surface area (Å²) in [5.74, 6) is -0.380. The Balaban J connectivity index is 1.57. The molecule has 4 rings (SSSR count). The van der Waals surface area contributed by atoms with Gasteiger partial charge in [-0.15, -0.1) is 0 Å². The van der Waals surface area contributed by atoms with Crippen LogP contribution >= 0.6 is 0 Å². The summed E-state index contributed by atoms with van der Waals surface area (Å²) in [6, 6.07) is 12.4. The van der Waals surface area contributed by atoms with Crippen LogP contribution in [0, 0.1) is 0 Å². The van der Waals surface area contributed by atoms with Crippen molar-refractivity contribution in [2.45, 2.75) is 19.0 Å². The van der Waals surface area contributed by atoms with E-state index < -0.39 is 12.1 Å². The lowest BCUT2D eigenvalue weighted by atomic mass is 10.0. The Hall–Kier alpha value is -2.89. The van der Waals surface area contributed by atoms with E-state index in [-0.39, 0.29) is 24.3 Å². The van der Waals surface area contributed by atoms with E-state index in [1.807, 2.05) is 42.5 Å². The number of fused-ring (bicyclic) bond motifs is 2. The van der Waals surface area contributed by atoms with Crippen LogP contribution in [0.3, 0.4) is 0 Å². The summed E-state index contributed by atoms with van der Waals surface area (Å²) < 4.78 is 0. The van der Waals surface area contributed by atoms with Crippen LogP contribution in [0.1, 0.15) is 17.3 Å². The fourth-order valence-corrected chi connectivity index (χ4v) is 3.58. The highest BCUT2D eigenvalue weighted by Gasteiger charge is 2.42. The van der Waals surface area contributed by atoms with Crippen LogP contribution in [0.15, 0.2) is 42.5 Å². The van der Waals surface area contributed by atoms with Gasteiger partial charge in [-0.2, -0.15) is 0 Å². The molecule has 0 spiro atoms. The van der Waals surface area contributed by atoms with Crippen LogP contribution in [0.25, 0.3) is 10.8 Å². The molecule has 2 aromatic carbocycles. The molecule has 6 nitrogen and oxygen atoms in total. The summed E-state index contributed by atoms with van der Waals surface area (Å²) in [6.45, 7) is 2.74. The molecule has 0 unspecified atom stereocenters. The van der Waals surface area contributed by atoms with Crippen LogP contribution in [-0.2, 0) is 9.59 Å². The topological polar surface area (TPSA) is 69.7 Å². The Bertz CT molecular complexity index is 879. The summed E-state index contributed by atoms with van der Waals surface area (Å²) in [5, 5.41) is 4.77. The van der Waals surface area contributed by atoms with Crippen molar-refractivity contribution in [2.24, 2.45) is 0 Å². The molecule has 0 radical (unpaired) electrons. The van der Waals surface area contributed by atoms with E-state index in [9.17, 15) is 14.4 Å². The van der Waals surface area contributed by atoms with Crippen LogP contribution in [0.4, 0.5) is 0 Å². The largest absolute Gasteiger partial charge is 0.343 e. The molecule has 128 valence electrons. The van der Waals surface area contributed by atoms with Gasteiger partial charge in [-0.25, -0.2) is 0 Å². The fourth-order valence-electron chi connectivity index (χ4n) is 3.58. The first-order chi connectivity index (χ1) is 12.0. The number of amides is 3. The summed E-state index contributed by atoms with van der Waals surface area (Å²) in [7, 11) is 0. The van der Waals surface area contributed by atoms with Crippen molar-refractivity contribution in [3.8, 4) is 0 Å². The average Bonchev–Trinajstić information content (AvgIpc) is 2.65. The molecule has 3 amide bonds. The Morgan fingerprint density at radius 1 is 1.08 bits per heavy atom. The van der Waals surface area contributed by atoms with E-state index in [0.717, 1.165) is 10.8 Å². The quantitative estimate of drug-likeness (QED) is 0.844. The standard InChI is InChI=1S/C19H19N3O3/c1-12-18(24)22-9-8-21(11-16(22)17(23)20-12)19(25)15-7-6-13-4-2-3-5-14(13)10-15/h2-7,10,12,16H,8-9,11H2,1H3,(H,20,23)/t12-,16-/m1/s1. The minimum absolute atomic E-state index is 0.0811. The maximum Gasteiger partial charge on any atom is 0.254 e. The third-order valence-electron chi connectivity index (χ3n) is 4.98. The lowest BCUT2D eigenvalue weighted by Crippen LogP contribution is -2.69. The van der Waals surface area contributed by atoms with Crippen LogP contribution in [-0.4, -0.2) is 59.2 Å².